The van der Waals surface area contributed by atoms with E-state index < -0.39 is 48.1 Å². The molecule has 4 amide bonds. The van der Waals surface area contributed by atoms with Crippen molar-refractivity contribution in [2.75, 3.05) is 6.54 Å². The Morgan fingerprint density at radius 1 is 0.935 bits per heavy atom. The van der Waals surface area contributed by atoms with Crippen LogP contribution in [0, 0.1) is 5.92 Å². The molecule has 46 heavy (non-hydrogen) atoms. The molecule has 242 valence electrons. The first-order chi connectivity index (χ1) is 22.1. The highest BCUT2D eigenvalue weighted by Crippen LogP contribution is 2.29. The van der Waals surface area contributed by atoms with Gasteiger partial charge in [0.15, 0.2) is 6.04 Å². The molecular formula is C32H37N7O5S2. The summed E-state index contributed by atoms with van der Waals surface area (Å²) in [5, 5.41) is 13.4. The van der Waals surface area contributed by atoms with Gasteiger partial charge in [0, 0.05) is 23.7 Å². The number of ether oxygens (including phenoxy) is 1. The number of carbonyl (C=O) groups excluding carboxylic acids is 4. The molecule has 6 rings (SSSR count). The molecule has 0 spiro atoms. The van der Waals surface area contributed by atoms with E-state index in [2.05, 4.69) is 25.9 Å². The molecule has 1 fully saturated rings. The van der Waals surface area contributed by atoms with E-state index in [4.69, 9.17) is 9.73 Å². The number of thiazole rings is 2. The quantitative estimate of drug-likeness (QED) is 0.388. The molecule has 1 aromatic carbocycles. The fraction of sp³-hybridized carbons (Fsp3) is 0.469. The van der Waals surface area contributed by atoms with Gasteiger partial charge in [-0.05, 0) is 38.2 Å². The third-order valence-corrected chi connectivity index (χ3v) is 10.4. The maximum atomic E-state index is 14.2. The van der Waals surface area contributed by atoms with Gasteiger partial charge in [-0.2, -0.15) is 0 Å². The van der Waals surface area contributed by atoms with Crippen molar-refractivity contribution in [1.29, 1.82) is 0 Å². The predicted molar refractivity (Wildman–Crippen MR) is 174 cm³/mol. The van der Waals surface area contributed by atoms with Gasteiger partial charge < -0.3 is 25.6 Å². The third-order valence-electron chi connectivity index (χ3n) is 8.45. The molecule has 6 atom stereocenters. The fourth-order valence-electron chi connectivity index (χ4n) is 5.94. The van der Waals surface area contributed by atoms with Crippen molar-refractivity contribution < 1.29 is 23.9 Å². The first-order valence-electron chi connectivity index (χ1n) is 15.5. The summed E-state index contributed by atoms with van der Waals surface area (Å²) in [6, 6.07) is 6.41. The normalized spacial score (nSPS) is 27.2. The number of fused-ring (bicyclic) bond motifs is 7. The smallest absolute Gasteiger partial charge is 0.271 e. The van der Waals surface area contributed by atoms with Gasteiger partial charge in [0.2, 0.25) is 17.7 Å². The van der Waals surface area contributed by atoms with Crippen LogP contribution >= 0.6 is 22.7 Å². The van der Waals surface area contributed by atoms with Crippen molar-refractivity contribution in [3.63, 3.8) is 0 Å². The molecule has 0 radical (unpaired) electrons. The third kappa shape index (κ3) is 6.54. The molecule has 6 bridgehead atoms. The maximum Gasteiger partial charge on any atom is 0.271 e. The van der Waals surface area contributed by atoms with Gasteiger partial charge in [-0.3, -0.25) is 19.2 Å². The largest absolute Gasteiger partial charge is 0.474 e. The topological polar surface area (TPSA) is 155 Å². The van der Waals surface area contributed by atoms with Crippen LogP contribution in [0.25, 0.3) is 0 Å². The van der Waals surface area contributed by atoms with Crippen molar-refractivity contribution in [3.8, 4) is 0 Å². The molecule has 3 aliphatic rings. The molecule has 0 aliphatic carbocycles. The minimum absolute atomic E-state index is 0.0177. The number of aliphatic imine (C=N–C) groups is 1. The van der Waals surface area contributed by atoms with Crippen LogP contribution < -0.4 is 16.0 Å². The maximum absolute atomic E-state index is 14.2. The number of aromatic nitrogens is 2. The molecule has 14 heteroatoms. The number of carbonyl (C=O) groups is 4. The number of hydrogen-bond acceptors (Lipinski definition) is 10. The van der Waals surface area contributed by atoms with E-state index in [1.165, 1.54) is 22.7 Å². The van der Waals surface area contributed by atoms with Gasteiger partial charge in [0.05, 0.1) is 12.1 Å². The van der Waals surface area contributed by atoms with Gasteiger partial charge in [0.1, 0.15) is 39.6 Å². The van der Waals surface area contributed by atoms with Crippen LogP contribution in [0.5, 0.6) is 0 Å². The van der Waals surface area contributed by atoms with Crippen LogP contribution in [0.4, 0.5) is 0 Å². The van der Waals surface area contributed by atoms with E-state index in [1.54, 1.807) is 29.5 Å². The number of rotatable bonds is 3. The zero-order valence-electron chi connectivity index (χ0n) is 26.1. The van der Waals surface area contributed by atoms with Crippen molar-refractivity contribution in [3.05, 3.63) is 68.1 Å². The summed E-state index contributed by atoms with van der Waals surface area (Å²) < 4.78 is 6.14. The fourth-order valence-corrected chi connectivity index (χ4v) is 7.77. The van der Waals surface area contributed by atoms with E-state index in [1.807, 2.05) is 44.2 Å². The average molecular weight is 664 g/mol. The average Bonchev–Trinajstić information content (AvgIpc) is 3.85. The monoisotopic (exact) mass is 663 g/mol. The highest BCUT2D eigenvalue weighted by Gasteiger charge is 2.43. The van der Waals surface area contributed by atoms with Gasteiger partial charge >= 0.3 is 0 Å². The molecule has 0 unspecified atom stereocenters. The Bertz CT molecular complexity index is 1650. The predicted octanol–water partition coefficient (Wildman–Crippen LogP) is 3.44. The minimum atomic E-state index is -0.879. The Hall–Kier alpha value is -4.17. The summed E-state index contributed by atoms with van der Waals surface area (Å²) >= 11 is 2.55. The molecule has 3 aromatic rings. The van der Waals surface area contributed by atoms with Crippen molar-refractivity contribution in [1.82, 2.24) is 30.8 Å². The Labute approximate surface area is 275 Å². The van der Waals surface area contributed by atoms with Crippen LogP contribution in [0.15, 0.2) is 46.1 Å². The molecule has 0 saturated carbocycles. The summed E-state index contributed by atoms with van der Waals surface area (Å²) in [6.45, 7) is 7.99. The Morgan fingerprint density at radius 3 is 2.33 bits per heavy atom. The van der Waals surface area contributed by atoms with Crippen molar-refractivity contribution in [2.45, 2.75) is 83.3 Å². The highest BCUT2D eigenvalue weighted by molar-refractivity contribution is 7.10. The zero-order chi connectivity index (χ0) is 32.5. The molecular weight excluding hydrogens is 627 g/mol. The molecule has 2 aromatic heterocycles. The van der Waals surface area contributed by atoms with E-state index >= 15 is 0 Å². The van der Waals surface area contributed by atoms with Crippen molar-refractivity contribution >= 4 is 52.2 Å². The second-order valence-corrected chi connectivity index (χ2v) is 14.0. The lowest BCUT2D eigenvalue weighted by Gasteiger charge is -2.29. The molecule has 3 N–H and O–H groups in total. The molecule has 5 heterocycles. The second kappa shape index (κ2) is 13.3. The Morgan fingerprint density at radius 2 is 1.61 bits per heavy atom. The lowest BCUT2D eigenvalue weighted by molar-refractivity contribution is -0.133. The van der Waals surface area contributed by atoms with Gasteiger partial charge in [0.25, 0.3) is 11.8 Å². The van der Waals surface area contributed by atoms with Crippen LogP contribution in [-0.2, 0) is 20.7 Å². The molecule has 3 aliphatic heterocycles. The van der Waals surface area contributed by atoms with E-state index in [0.717, 1.165) is 12.0 Å². The van der Waals surface area contributed by atoms with E-state index in [0.29, 0.717) is 28.9 Å². The zero-order valence-corrected chi connectivity index (χ0v) is 27.7. The number of nitrogens with one attached hydrogen (secondary N) is 3. The Balaban J connectivity index is 1.36. The number of hydrogen-bond donors (Lipinski definition) is 3. The van der Waals surface area contributed by atoms with E-state index in [-0.39, 0.29) is 35.5 Å². The van der Waals surface area contributed by atoms with Gasteiger partial charge in [-0.1, -0.05) is 44.2 Å². The Kier molecular flexibility index (Phi) is 9.18. The van der Waals surface area contributed by atoms with Crippen LogP contribution in [0.2, 0.25) is 0 Å². The SMILES string of the molecule is CC(C)[C@@H]1NC(=O)[C@H]2N=C(O[C@@H]2C)[C@@H]2CCCN2C(=O)[C@H](Cc2ccccc2)NC(=O)c2csc(n2)[C@@H](C)NC(=O)c2csc1n2. The highest BCUT2D eigenvalue weighted by atomic mass is 32.1. The van der Waals surface area contributed by atoms with Gasteiger partial charge in [-0.25, -0.2) is 15.0 Å². The summed E-state index contributed by atoms with van der Waals surface area (Å²) in [6.07, 6.45) is 1.09. The number of nitrogens with zero attached hydrogens (tertiary/aromatic N) is 4. The van der Waals surface area contributed by atoms with Crippen molar-refractivity contribution in [2.24, 2.45) is 10.9 Å². The summed E-state index contributed by atoms with van der Waals surface area (Å²) in [4.78, 5) is 70.0. The second-order valence-electron chi connectivity index (χ2n) is 12.2. The lowest BCUT2D eigenvalue weighted by atomic mass is 10.0. The number of benzene rings is 1. The lowest BCUT2D eigenvalue weighted by Crippen LogP contribution is -2.52. The van der Waals surface area contributed by atoms with Crippen LogP contribution in [0.3, 0.4) is 0 Å². The summed E-state index contributed by atoms with van der Waals surface area (Å²) in [5.74, 6) is -1.12. The standard InChI is InChI=1S/C32H37N7O5S2/c1-16(2)24-31-36-21(15-46-31)26(40)33-17(3)30-35-22(14-45-30)27(41)34-20(13-19-9-6-5-7-10-19)32(43)39-12-8-11-23(39)29-38-25(18(4)44-29)28(42)37-24/h5-7,9-10,14-18,20,23-25H,8,11-13H2,1-4H3,(H,33,40)(H,34,41)(H,37,42)/t17-,18-,20+,23+,24+,25+/m1/s1. The first-order valence-corrected chi connectivity index (χ1v) is 17.3. The molecule has 12 nitrogen and oxygen atoms in total. The number of amides is 4. The molecule has 1 saturated heterocycles. The summed E-state index contributed by atoms with van der Waals surface area (Å²) in [7, 11) is 0. The summed E-state index contributed by atoms with van der Waals surface area (Å²) in [5.41, 5.74) is 1.28. The first kappa shape index (κ1) is 31.8. The van der Waals surface area contributed by atoms with Crippen LogP contribution in [-0.4, -0.2) is 75.2 Å². The van der Waals surface area contributed by atoms with E-state index in [9.17, 15) is 19.2 Å². The van der Waals surface area contributed by atoms with Gasteiger partial charge in [-0.15, -0.1) is 22.7 Å². The minimum Gasteiger partial charge on any atom is -0.474 e. The van der Waals surface area contributed by atoms with Crippen LogP contribution in [0.1, 0.15) is 89.2 Å².